The number of carbonyl (C=O) groups excluding carboxylic acids is 1. The molecule has 1 aromatic rings. The van der Waals surface area contributed by atoms with Gasteiger partial charge in [-0.3, -0.25) is 4.79 Å². The van der Waals surface area contributed by atoms with Gasteiger partial charge in [0.05, 0.1) is 13.0 Å². The molecule has 1 amide bonds. The Hall–Kier alpha value is -1.55. The molecular weight excluding hydrogens is 266 g/mol. The normalized spacial score (nSPS) is 18.6. The molecule has 21 heavy (non-hydrogen) atoms. The molecule has 0 bridgehead atoms. The maximum atomic E-state index is 12.3. The number of amides is 1. The lowest BCUT2D eigenvalue weighted by atomic mass is 9.99. The minimum Gasteiger partial charge on any atom is -0.493 e. The number of aliphatic hydroxyl groups is 1. The van der Waals surface area contributed by atoms with E-state index in [4.69, 9.17) is 9.84 Å². The van der Waals surface area contributed by atoms with Crippen molar-refractivity contribution in [3.63, 3.8) is 0 Å². The van der Waals surface area contributed by atoms with E-state index in [2.05, 4.69) is 0 Å². The number of ether oxygens (including phenoxy) is 1. The highest BCUT2D eigenvalue weighted by molar-refractivity contribution is 5.76. The number of likely N-dealkylation sites (tertiary alicyclic amines) is 1. The average molecular weight is 291 g/mol. The van der Waals surface area contributed by atoms with E-state index in [9.17, 15) is 4.79 Å². The smallest absolute Gasteiger partial charge is 0.226 e. The van der Waals surface area contributed by atoms with Crippen molar-refractivity contribution in [2.24, 2.45) is 0 Å². The first-order valence-electron chi connectivity index (χ1n) is 7.80. The third-order valence-electron chi connectivity index (χ3n) is 4.02. The molecule has 0 aliphatic carbocycles. The molecular formula is C17H25NO3. The highest BCUT2D eigenvalue weighted by Gasteiger charge is 2.25. The number of nitrogens with zero attached hydrogens (tertiary/aromatic N) is 1. The molecule has 4 heteroatoms. The van der Waals surface area contributed by atoms with Crippen LogP contribution in [0.5, 0.6) is 5.75 Å². The summed E-state index contributed by atoms with van der Waals surface area (Å²) in [5.41, 5.74) is 1.19. The van der Waals surface area contributed by atoms with E-state index in [0.717, 1.165) is 31.6 Å². The summed E-state index contributed by atoms with van der Waals surface area (Å²) in [5.74, 6) is 0.944. The zero-order chi connectivity index (χ0) is 15.1. The van der Waals surface area contributed by atoms with E-state index in [1.165, 1.54) is 5.56 Å². The fourth-order valence-electron chi connectivity index (χ4n) is 2.81. The first kappa shape index (κ1) is 15.8. The molecule has 1 heterocycles. The third-order valence-corrected chi connectivity index (χ3v) is 4.02. The first-order chi connectivity index (χ1) is 10.2. The number of aryl methyl sites for hydroxylation is 1. The Morgan fingerprint density at radius 1 is 1.33 bits per heavy atom. The van der Waals surface area contributed by atoms with Crippen LogP contribution in [-0.4, -0.2) is 41.7 Å². The molecule has 0 saturated carbocycles. The zero-order valence-corrected chi connectivity index (χ0v) is 12.8. The van der Waals surface area contributed by atoms with Gasteiger partial charge in [-0.2, -0.15) is 0 Å². The zero-order valence-electron chi connectivity index (χ0n) is 12.8. The van der Waals surface area contributed by atoms with Crippen LogP contribution in [0.25, 0.3) is 0 Å². The van der Waals surface area contributed by atoms with Gasteiger partial charge in [-0.1, -0.05) is 17.7 Å². The van der Waals surface area contributed by atoms with Crippen LogP contribution in [-0.2, 0) is 4.79 Å². The predicted octanol–water partition coefficient (Wildman–Crippen LogP) is 2.53. The van der Waals surface area contributed by atoms with E-state index in [0.29, 0.717) is 19.4 Å². The molecule has 0 radical (unpaired) electrons. The van der Waals surface area contributed by atoms with Crippen LogP contribution in [0.15, 0.2) is 24.3 Å². The van der Waals surface area contributed by atoms with E-state index in [1.807, 2.05) is 36.1 Å². The van der Waals surface area contributed by atoms with Crippen molar-refractivity contribution in [3.05, 3.63) is 29.8 Å². The van der Waals surface area contributed by atoms with Gasteiger partial charge < -0.3 is 14.7 Å². The van der Waals surface area contributed by atoms with Crippen molar-refractivity contribution >= 4 is 5.91 Å². The van der Waals surface area contributed by atoms with Gasteiger partial charge in [0.1, 0.15) is 5.75 Å². The molecule has 1 atom stereocenters. The van der Waals surface area contributed by atoms with Gasteiger partial charge in [-0.25, -0.2) is 0 Å². The number of carbonyl (C=O) groups is 1. The Bertz CT molecular complexity index is 442. The van der Waals surface area contributed by atoms with Crippen LogP contribution in [0.4, 0.5) is 0 Å². The van der Waals surface area contributed by atoms with Crippen molar-refractivity contribution in [2.45, 2.75) is 45.1 Å². The van der Waals surface area contributed by atoms with Gasteiger partial charge in [0.25, 0.3) is 0 Å². The molecule has 1 aliphatic rings. The molecule has 1 aliphatic heterocycles. The van der Waals surface area contributed by atoms with Crippen LogP contribution in [0, 0.1) is 6.92 Å². The summed E-state index contributed by atoms with van der Waals surface area (Å²) in [4.78, 5) is 14.2. The summed E-state index contributed by atoms with van der Waals surface area (Å²) >= 11 is 0. The SMILES string of the molecule is Cc1ccc(OCCC(=O)N2CCCCC2CCO)cc1. The molecule has 1 aromatic carbocycles. The average Bonchev–Trinajstić information content (AvgIpc) is 2.50. The van der Waals surface area contributed by atoms with Crippen LogP contribution in [0.3, 0.4) is 0 Å². The summed E-state index contributed by atoms with van der Waals surface area (Å²) < 4.78 is 5.62. The van der Waals surface area contributed by atoms with Gasteiger partial charge in [0, 0.05) is 19.2 Å². The number of rotatable bonds is 6. The van der Waals surface area contributed by atoms with E-state index in [-0.39, 0.29) is 18.6 Å². The quantitative estimate of drug-likeness (QED) is 0.876. The maximum Gasteiger partial charge on any atom is 0.226 e. The number of aliphatic hydroxyl groups excluding tert-OH is 1. The summed E-state index contributed by atoms with van der Waals surface area (Å²) in [7, 11) is 0. The fraction of sp³-hybridized carbons (Fsp3) is 0.588. The number of hydrogen-bond donors (Lipinski definition) is 1. The lowest BCUT2D eigenvalue weighted by Crippen LogP contribution is -2.44. The van der Waals surface area contributed by atoms with Crippen molar-refractivity contribution in [3.8, 4) is 5.75 Å². The molecule has 0 aromatic heterocycles. The Morgan fingerprint density at radius 2 is 2.10 bits per heavy atom. The van der Waals surface area contributed by atoms with E-state index < -0.39 is 0 Å². The van der Waals surface area contributed by atoms with Crippen LogP contribution in [0.1, 0.15) is 37.7 Å². The van der Waals surface area contributed by atoms with E-state index in [1.54, 1.807) is 0 Å². The number of hydrogen-bond acceptors (Lipinski definition) is 3. The van der Waals surface area contributed by atoms with Gasteiger partial charge in [0.15, 0.2) is 0 Å². The van der Waals surface area contributed by atoms with Gasteiger partial charge >= 0.3 is 0 Å². The Kier molecular flexibility index (Phi) is 6.05. The summed E-state index contributed by atoms with van der Waals surface area (Å²) in [5, 5.41) is 9.10. The van der Waals surface area contributed by atoms with Gasteiger partial charge in [-0.15, -0.1) is 0 Å². The molecule has 2 rings (SSSR count). The lowest BCUT2D eigenvalue weighted by molar-refractivity contribution is -0.135. The second-order valence-electron chi connectivity index (χ2n) is 5.66. The molecule has 4 nitrogen and oxygen atoms in total. The monoisotopic (exact) mass is 291 g/mol. The molecule has 0 spiro atoms. The van der Waals surface area contributed by atoms with Crippen molar-refractivity contribution in [2.75, 3.05) is 19.8 Å². The highest BCUT2D eigenvalue weighted by atomic mass is 16.5. The minimum absolute atomic E-state index is 0.139. The topological polar surface area (TPSA) is 49.8 Å². The minimum atomic E-state index is 0.139. The fourth-order valence-corrected chi connectivity index (χ4v) is 2.81. The molecule has 1 unspecified atom stereocenters. The second kappa shape index (κ2) is 8.03. The summed E-state index contributed by atoms with van der Waals surface area (Å²) in [6.45, 7) is 3.40. The molecule has 1 fully saturated rings. The lowest BCUT2D eigenvalue weighted by Gasteiger charge is -2.35. The Balaban J connectivity index is 1.78. The number of piperidine rings is 1. The summed E-state index contributed by atoms with van der Waals surface area (Å²) in [6, 6.07) is 8.05. The van der Waals surface area contributed by atoms with Crippen LogP contribution < -0.4 is 4.74 Å². The summed E-state index contributed by atoms with van der Waals surface area (Å²) in [6.07, 6.45) is 4.30. The molecule has 1 saturated heterocycles. The number of benzene rings is 1. The largest absolute Gasteiger partial charge is 0.493 e. The highest BCUT2D eigenvalue weighted by Crippen LogP contribution is 2.20. The van der Waals surface area contributed by atoms with E-state index >= 15 is 0 Å². The molecule has 1 N–H and O–H groups in total. The van der Waals surface area contributed by atoms with Crippen molar-refractivity contribution < 1.29 is 14.6 Å². The van der Waals surface area contributed by atoms with Gasteiger partial charge in [-0.05, 0) is 44.7 Å². The van der Waals surface area contributed by atoms with Crippen LogP contribution >= 0.6 is 0 Å². The maximum absolute atomic E-state index is 12.3. The Morgan fingerprint density at radius 3 is 2.81 bits per heavy atom. The first-order valence-corrected chi connectivity index (χ1v) is 7.80. The van der Waals surface area contributed by atoms with Crippen molar-refractivity contribution in [1.82, 2.24) is 4.90 Å². The third kappa shape index (κ3) is 4.74. The Labute approximate surface area is 126 Å². The van der Waals surface area contributed by atoms with Crippen LogP contribution in [0.2, 0.25) is 0 Å². The van der Waals surface area contributed by atoms with Gasteiger partial charge in [0.2, 0.25) is 5.91 Å². The molecule has 116 valence electrons. The second-order valence-corrected chi connectivity index (χ2v) is 5.66. The van der Waals surface area contributed by atoms with Crippen molar-refractivity contribution in [1.29, 1.82) is 0 Å². The standard InChI is InChI=1S/C17H25NO3/c1-14-5-7-16(8-6-14)21-13-10-17(20)18-11-3-2-4-15(18)9-12-19/h5-8,15,19H,2-4,9-13H2,1H3. The predicted molar refractivity (Wildman–Crippen MR) is 82.3 cm³/mol.